The maximum atomic E-state index is 10.4. The highest BCUT2D eigenvalue weighted by Gasteiger charge is 2.44. The van der Waals surface area contributed by atoms with Crippen molar-refractivity contribution in [3.63, 3.8) is 0 Å². The minimum atomic E-state index is -0.737. The molecule has 0 amide bonds. The third kappa shape index (κ3) is 1.95. The van der Waals surface area contributed by atoms with Crippen molar-refractivity contribution in [2.24, 2.45) is 5.92 Å². The Bertz CT molecular complexity index is 631. The molecule has 1 unspecified atom stereocenters. The SMILES string of the molecule is CC([14CH3])[C@H]1O[C@@H](n2cnc3c(N)ncnc32)[C@H](O)[C@@H]1S. The highest BCUT2D eigenvalue weighted by molar-refractivity contribution is 7.81. The second-order valence-corrected chi connectivity index (χ2v) is 5.90. The van der Waals surface area contributed by atoms with Crippen LogP contribution in [0, 0.1) is 5.92 Å². The van der Waals surface area contributed by atoms with Crippen LogP contribution in [0.1, 0.15) is 20.1 Å². The maximum Gasteiger partial charge on any atom is 0.167 e. The van der Waals surface area contributed by atoms with Crippen LogP contribution in [-0.2, 0) is 4.74 Å². The summed E-state index contributed by atoms with van der Waals surface area (Å²) in [6, 6.07) is 0. The van der Waals surface area contributed by atoms with Gasteiger partial charge in [0, 0.05) is 0 Å². The Balaban J connectivity index is 2.02. The largest absolute Gasteiger partial charge is 0.387 e. The van der Waals surface area contributed by atoms with E-state index in [0.29, 0.717) is 17.0 Å². The van der Waals surface area contributed by atoms with Crippen molar-refractivity contribution in [1.29, 1.82) is 0 Å². The summed E-state index contributed by atoms with van der Waals surface area (Å²) < 4.78 is 7.62. The molecule has 0 aromatic carbocycles. The summed E-state index contributed by atoms with van der Waals surface area (Å²) in [6.45, 7) is 4.07. The average molecular weight is 297 g/mol. The lowest BCUT2D eigenvalue weighted by Gasteiger charge is -2.18. The Hall–Kier alpha value is -1.38. The molecule has 0 saturated carbocycles. The first kappa shape index (κ1) is 13.6. The number of hydrogen-bond donors (Lipinski definition) is 3. The predicted molar refractivity (Wildman–Crippen MR) is 77.3 cm³/mol. The molecule has 0 bridgehead atoms. The Morgan fingerprint density at radius 2 is 2.25 bits per heavy atom. The Morgan fingerprint density at radius 3 is 2.90 bits per heavy atom. The zero-order valence-electron chi connectivity index (χ0n) is 11.2. The molecule has 20 heavy (non-hydrogen) atoms. The topological polar surface area (TPSA) is 99.1 Å². The lowest BCUT2D eigenvalue weighted by Crippen LogP contribution is -2.29. The molecule has 5 atom stereocenters. The first-order valence-corrected chi connectivity index (χ1v) is 6.97. The number of nitrogen functional groups attached to an aromatic ring is 1. The van der Waals surface area contributed by atoms with Crippen molar-refractivity contribution in [3.8, 4) is 0 Å². The van der Waals surface area contributed by atoms with E-state index < -0.39 is 12.3 Å². The molecule has 1 saturated heterocycles. The Morgan fingerprint density at radius 1 is 1.50 bits per heavy atom. The number of nitrogens with zero attached hydrogens (tertiary/aromatic N) is 4. The van der Waals surface area contributed by atoms with Crippen molar-refractivity contribution in [2.75, 3.05) is 5.73 Å². The number of ether oxygens (including phenoxy) is 1. The van der Waals surface area contributed by atoms with E-state index in [2.05, 4.69) is 27.6 Å². The van der Waals surface area contributed by atoms with E-state index in [1.165, 1.54) is 6.33 Å². The number of hydrogen-bond acceptors (Lipinski definition) is 7. The van der Waals surface area contributed by atoms with Gasteiger partial charge in [-0.1, -0.05) is 13.8 Å². The molecule has 1 aliphatic rings. The van der Waals surface area contributed by atoms with Crippen LogP contribution in [-0.4, -0.2) is 42.1 Å². The van der Waals surface area contributed by atoms with Gasteiger partial charge in [0.1, 0.15) is 17.9 Å². The number of anilines is 1. The molecule has 3 N–H and O–H groups in total. The lowest BCUT2D eigenvalue weighted by atomic mass is 10.1. The molecule has 2 aromatic heterocycles. The zero-order valence-corrected chi connectivity index (χ0v) is 12.1. The third-order valence-electron chi connectivity index (χ3n) is 3.59. The maximum absolute atomic E-state index is 10.4. The summed E-state index contributed by atoms with van der Waals surface area (Å²) in [5.74, 6) is 0.565. The summed E-state index contributed by atoms with van der Waals surface area (Å²) in [5, 5.41) is 10.1. The molecule has 0 spiro atoms. The molecule has 3 rings (SSSR count). The van der Waals surface area contributed by atoms with Gasteiger partial charge in [0.25, 0.3) is 0 Å². The van der Waals surface area contributed by atoms with Gasteiger partial charge in [-0.2, -0.15) is 12.6 Å². The third-order valence-corrected chi connectivity index (χ3v) is 4.19. The lowest BCUT2D eigenvalue weighted by molar-refractivity contribution is -0.0471. The first-order chi connectivity index (χ1) is 9.50. The summed E-state index contributed by atoms with van der Waals surface area (Å²) in [7, 11) is 0. The van der Waals surface area contributed by atoms with E-state index in [4.69, 9.17) is 10.5 Å². The van der Waals surface area contributed by atoms with Crippen LogP contribution in [0.3, 0.4) is 0 Å². The van der Waals surface area contributed by atoms with Gasteiger partial charge >= 0.3 is 0 Å². The number of nitrogens with two attached hydrogens (primary N) is 1. The van der Waals surface area contributed by atoms with Gasteiger partial charge in [-0.3, -0.25) is 4.57 Å². The minimum Gasteiger partial charge on any atom is -0.387 e. The van der Waals surface area contributed by atoms with Gasteiger partial charge in [0.2, 0.25) is 0 Å². The molecule has 2 aromatic rings. The van der Waals surface area contributed by atoms with E-state index in [1.54, 1.807) is 10.9 Å². The normalized spacial score (nSPS) is 31.8. The minimum absolute atomic E-state index is 0.130. The van der Waals surface area contributed by atoms with Gasteiger partial charge in [-0.05, 0) is 5.92 Å². The van der Waals surface area contributed by atoms with Gasteiger partial charge in [0.15, 0.2) is 17.7 Å². The molecular weight excluding hydrogens is 280 g/mol. The number of aliphatic hydroxyl groups is 1. The number of aromatic nitrogens is 4. The molecule has 1 aliphatic heterocycles. The monoisotopic (exact) mass is 297 g/mol. The van der Waals surface area contributed by atoms with Gasteiger partial charge in [-0.15, -0.1) is 0 Å². The van der Waals surface area contributed by atoms with E-state index in [1.807, 2.05) is 13.8 Å². The molecule has 7 nitrogen and oxygen atoms in total. The van der Waals surface area contributed by atoms with Crippen molar-refractivity contribution < 1.29 is 9.84 Å². The van der Waals surface area contributed by atoms with Crippen LogP contribution < -0.4 is 5.73 Å². The fourth-order valence-corrected chi connectivity index (χ4v) is 3.08. The van der Waals surface area contributed by atoms with Crippen molar-refractivity contribution in [3.05, 3.63) is 12.7 Å². The smallest absolute Gasteiger partial charge is 0.167 e. The van der Waals surface area contributed by atoms with Gasteiger partial charge < -0.3 is 15.6 Å². The number of aliphatic hydroxyl groups excluding tert-OH is 1. The predicted octanol–water partition coefficient (Wildman–Crippen LogP) is 0.621. The quantitative estimate of drug-likeness (QED) is 0.703. The standard InChI is InChI=1S/C12H17N5O2S/c1-5(2)8-9(20)7(18)12(19-8)17-4-16-6-10(13)14-3-15-11(6)17/h3-5,7-9,12,18,20H,1-2H3,(H2,13,14,15)/t7-,8-,9+,12-/m1/s1/i1+2/t5?,7-,8-,9+,12-. The molecular formula is C12H17N5O2S. The highest BCUT2D eigenvalue weighted by atomic mass is 32.1. The van der Waals surface area contributed by atoms with Crippen LogP contribution >= 0.6 is 12.6 Å². The molecule has 108 valence electrons. The average Bonchev–Trinajstić information content (AvgIpc) is 2.94. The molecule has 1 fully saturated rings. The summed E-state index contributed by atoms with van der Waals surface area (Å²) in [4.78, 5) is 12.3. The Kier molecular flexibility index (Phi) is 3.31. The van der Waals surface area contributed by atoms with Crippen LogP contribution in [0.5, 0.6) is 0 Å². The van der Waals surface area contributed by atoms with E-state index in [-0.39, 0.29) is 17.3 Å². The van der Waals surface area contributed by atoms with Crippen molar-refractivity contribution in [2.45, 2.75) is 37.5 Å². The second kappa shape index (κ2) is 4.87. The van der Waals surface area contributed by atoms with Crippen molar-refractivity contribution in [1.82, 2.24) is 19.5 Å². The second-order valence-electron chi connectivity index (χ2n) is 5.30. The summed E-state index contributed by atoms with van der Waals surface area (Å²) >= 11 is 4.46. The van der Waals surface area contributed by atoms with E-state index in [0.717, 1.165) is 0 Å². The first-order valence-electron chi connectivity index (χ1n) is 6.45. The van der Waals surface area contributed by atoms with Crippen LogP contribution in [0.25, 0.3) is 11.2 Å². The summed E-state index contributed by atoms with van der Waals surface area (Å²) in [5.41, 5.74) is 6.81. The molecule has 0 radical (unpaired) electrons. The zero-order chi connectivity index (χ0) is 14.4. The molecule has 8 heteroatoms. The number of fused-ring (bicyclic) bond motifs is 1. The van der Waals surface area contributed by atoms with Crippen LogP contribution in [0.15, 0.2) is 12.7 Å². The van der Waals surface area contributed by atoms with Crippen LogP contribution in [0.2, 0.25) is 0 Å². The van der Waals surface area contributed by atoms with E-state index >= 15 is 0 Å². The van der Waals surface area contributed by atoms with Gasteiger partial charge in [0.05, 0.1) is 17.7 Å². The number of rotatable bonds is 2. The fourth-order valence-electron chi connectivity index (χ4n) is 2.52. The number of thiol groups is 1. The number of imidazole rings is 1. The van der Waals surface area contributed by atoms with Crippen LogP contribution in [0.4, 0.5) is 5.82 Å². The van der Waals surface area contributed by atoms with E-state index in [9.17, 15) is 5.11 Å². The Labute approximate surface area is 121 Å². The van der Waals surface area contributed by atoms with Gasteiger partial charge in [-0.25, -0.2) is 15.0 Å². The van der Waals surface area contributed by atoms with Crippen molar-refractivity contribution >= 4 is 29.6 Å². The molecule has 0 aliphatic carbocycles. The summed E-state index contributed by atoms with van der Waals surface area (Å²) in [6.07, 6.45) is 1.50. The highest BCUT2D eigenvalue weighted by Crippen LogP contribution is 2.37. The fraction of sp³-hybridized carbons (Fsp3) is 0.583. The molecule has 3 heterocycles.